The van der Waals surface area contributed by atoms with Crippen LogP contribution in [0.3, 0.4) is 0 Å². The Bertz CT molecular complexity index is 495. The van der Waals surface area contributed by atoms with E-state index in [0.29, 0.717) is 5.69 Å². The van der Waals surface area contributed by atoms with Crippen molar-refractivity contribution in [3.63, 3.8) is 0 Å². The predicted octanol–water partition coefficient (Wildman–Crippen LogP) is 3.71. The zero-order valence-electron chi connectivity index (χ0n) is 11.4. The van der Waals surface area contributed by atoms with Gasteiger partial charge in [0.25, 0.3) is 5.91 Å². The summed E-state index contributed by atoms with van der Waals surface area (Å²) in [6.45, 7) is 5.23. The number of aromatic nitrogens is 1. The van der Waals surface area contributed by atoms with Crippen molar-refractivity contribution in [2.24, 2.45) is 0 Å². The predicted molar refractivity (Wildman–Crippen MR) is 71.0 cm³/mol. The van der Waals surface area contributed by atoms with Crippen molar-refractivity contribution in [3.8, 4) is 0 Å². The summed E-state index contributed by atoms with van der Waals surface area (Å²) in [7, 11) is 0. The fourth-order valence-corrected chi connectivity index (χ4v) is 1.64. The van der Waals surface area contributed by atoms with Crippen LogP contribution in [0.2, 0.25) is 5.15 Å². The van der Waals surface area contributed by atoms with E-state index in [4.69, 9.17) is 11.6 Å². The van der Waals surface area contributed by atoms with Crippen LogP contribution in [-0.2, 0) is 5.41 Å². The molecule has 0 aromatic carbocycles. The Kier molecular flexibility index (Phi) is 5.02. The first-order valence-corrected chi connectivity index (χ1v) is 6.40. The molecule has 0 aliphatic heterocycles. The number of alkyl halides is 3. The first-order valence-electron chi connectivity index (χ1n) is 6.02. The molecule has 0 aliphatic carbocycles. The maximum absolute atomic E-state index is 12.0. The second-order valence-corrected chi connectivity index (χ2v) is 5.82. The number of carbonyl (C=O) groups excluding carboxylic acids is 1. The minimum atomic E-state index is -4.29. The van der Waals surface area contributed by atoms with Crippen molar-refractivity contribution in [3.05, 3.63) is 28.5 Å². The molecule has 1 N–H and O–H groups in total. The molecule has 0 spiro atoms. The smallest absolute Gasteiger partial charge is 0.352 e. The Morgan fingerprint density at radius 3 is 2.40 bits per heavy atom. The van der Waals surface area contributed by atoms with Crippen molar-refractivity contribution in [1.82, 2.24) is 10.3 Å². The number of hydrogen-bond donors (Lipinski definition) is 1. The van der Waals surface area contributed by atoms with Gasteiger partial charge in [0.15, 0.2) is 0 Å². The Labute approximate surface area is 120 Å². The highest BCUT2D eigenvalue weighted by molar-refractivity contribution is 6.29. The molecular formula is C13H16ClF3N2O. The lowest BCUT2D eigenvalue weighted by Gasteiger charge is -2.18. The average molecular weight is 309 g/mol. The van der Waals surface area contributed by atoms with E-state index < -0.39 is 25.0 Å². The second-order valence-electron chi connectivity index (χ2n) is 5.43. The molecular weight excluding hydrogens is 293 g/mol. The van der Waals surface area contributed by atoms with E-state index in [-0.39, 0.29) is 16.1 Å². The summed E-state index contributed by atoms with van der Waals surface area (Å²) in [4.78, 5) is 15.9. The van der Waals surface area contributed by atoms with E-state index in [2.05, 4.69) is 10.3 Å². The number of hydrogen-bond acceptors (Lipinski definition) is 2. The van der Waals surface area contributed by atoms with Crippen LogP contribution < -0.4 is 5.32 Å². The molecule has 0 aliphatic rings. The normalized spacial score (nSPS) is 12.3. The number of carbonyl (C=O) groups is 1. The highest BCUT2D eigenvalue weighted by atomic mass is 35.5. The fourth-order valence-electron chi connectivity index (χ4n) is 1.43. The van der Waals surface area contributed by atoms with Crippen LogP contribution in [0.1, 0.15) is 43.2 Å². The van der Waals surface area contributed by atoms with Crippen molar-refractivity contribution in [2.75, 3.05) is 6.54 Å². The van der Waals surface area contributed by atoms with Gasteiger partial charge in [0.05, 0.1) is 6.42 Å². The molecule has 0 bridgehead atoms. The number of rotatable bonds is 3. The van der Waals surface area contributed by atoms with E-state index in [9.17, 15) is 18.0 Å². The van der Waals surface area contributed by atoms with Crippen LogP contribution in [0.25, 0.3) is 0 Å². The van der Waals surface area contributed by atoms with E-state index >= 15 is 0 Å². The van der Waals surface area contributed by atoms with Gasteiger partial charge in [-0.05, 0) is 12.1 Å². The SMILES string of the molecule is CC(C)(C)c1cc(C(=O)NCCC(F)(F)F)cc(Cl)n1. The molecule has 0 atom stereocenters. The summed E-state index contributed by atoms with van der Waals surface area (Å²) < 4.78 is 36.0. The van der Waals surface area contributed by atoms with E-state index in [1.165, 1.54) is 12.1 Å². The topological polar surface area (TPSA) is 42.0 Å². The molecule has 1 aromatic heterocycles. The molecule has 20 heavy (non-hydrogen) atoms. The highest BCUT2D eigenvalue weighted by Gasteiger charge is 2.26. The van der Waals surface area contributed by atoms with Crippen molar-refractivity contribution in [1.29, 1.82) is 0 Å². The Hall–Kier alpha value is -1.30. The molecule has 0 fully saturated rings. The van der Waals surface area contributed by atoms with Crippen molar-refractivity contribution >= 4 is 17.5 Å². The van der Waals surface area contributed by atoms with Crippen LogP contribution in [0, 0.1) is 0 Å². The van der Waals surface area contributed by atoms with Crippen LogP contribution in [0.15, 0.2) is 12.1 Å². The Morgan fingerprint density at radius 1 is 1.30 bits per heavy atom. The standard InChI is InChI=1S/C13H16ClF3N2O/c1-12(2,3)9-6-8(7-10(14)19-9)11(20)18-5-4-13(15,16)17/h6-7H,4-5H2,1-3H3,(H,18,20). The fraction of sp³-hybridized carbons (Fsp3) is 0.538. The van der Waals surface area contributed by atoms with Crippen molar-refractivity contribution in [2.45, 2.75) is 38.8 Å². The minimum Gasteiger partial charge on any atom is -0.352 e. The van der Waals surface area contributed by atoms with Crippen LogP contribution in [0.5, 0.6) is 0 Å². The maximum atomic E-state index is 12.0. The van der Waals surface area contributed by atoms with E-state index in [0.717, 1.165) is 0 Å². The number of halogens is 4. The first kappa shape index (κ1) is 16.8. The van der Waals surface area contributed by atoms with Gasteiger partial charge in [0, 0.05) is 23.2 Å². The number of nitrogens with one attached hydrogen (secondary N) is 1. The monoisotopic (exact) mass is 308 g/mol. The van der Waals surface area contributed by atoms with Gasteiger partial charge in [0.1, 0.15) is 5.15 Å². The molecule has 1 amide bonds. The summed E-state index contributed by atoms with van der Waals surface area (Å²) >= 11 is 5.84. The molecule has 112 valence electrons. The summed E-state index contributed by atoms with van der Waals surface area (Å²) in [6, 6.07) is 2.87. The number of nitrogens with zero attached hydrogens (tertiary/aromatic N) is 1. The third kappa shape index (κ3) is 5.36. The molecule has 0 saturated carbocycles. The Balaban J connectivity index is 2.81. The van der Waals surface area contributed by atoms with Crippen LogP contribution >= 0.6 is 11.6 Å². The molecule has 3 nitrogen and oxygen atoms in total. The van der Waals surface area contributed by atoms with Crippen LogP contribution in [-0.4, -0.2) is 23.6 Å². The van der Waals surface area contributed by atoms with Gasteiger partial charge in [-0.1, -0.05) is 32.4 Å². The summed E-state index contributed by atoms with van der Waals surface area (Å²) in [5.41, 5.74) is 0.495. The number of pyridine rings is 1. The van der Waals surface area contributed by atoms with Crippen molar-refractivity contribution < 1.29 is 18.0 Å². The zero-order chi connectivity index (χ0) is 15.6. The largest absolute Gasteiger partial charge is 0.390 e. The lowest BCUT2D eigenvalue weighted by Crippen LogP contribution is -2.28. The van der Waals surface area contributed by atoms with Gasteiger partial charge >= 0.3 is 6.18 Å². The van der Waals surface area contributed by atoms with E-state index in [1.807, 2.05) is 20.8 Å². The lowest BCUT2D eigenvalue weighted by molar-refractivity contribution is -0.132. The third-order valence-corrected chi connectivity index (χ3v) is 2.71. The second kappa shape index (κ2) is 5.99. The first-order chi connectivity index (χ1) is 8.99. The molecule has 7 heteroatoms. The van der Waals surface area contributed by atoms with E-state index in [1.54, 1.807) is 0 Å². The molecule has 1 heterocycles. The van der Waals surface area contributed by atoms with Gasteiger partial charge in [0.2, 0.25) is 0 Å². The van der Waals surface area contributed by atoms with Gasteiger partial charge in [-0.3, -0.25) is 4.79 Å². The Morgan fingerprint density at radius 2 is 1.90 bits per heavy atom. The zero-order valence-corrected chi connectivity index (χ0v) is 12.2. The van der Waals surface area contributed by atoms with Gasteiger partial charge < -0.3 is 5.32 Å². The number of amides is 1. The average Bonchev–Trinajstić information content (AvgIpc) is 2.25. The highest BCUT2D eigenvalue weighted by Crippen LogP contribution is 2.23. The summed E-state index contributed by atoms with van der Waals surface area (Å²) in [5.74, 6) is -0.593. The molecule has 0 saturated heterocycles. The van der Waals surface area contributed by atoms with Gasteiger partial charge in [-0.15, -0.1) is 0 Å². The summed E-state index contributed by atoms with van der Waals surface area (Å²) in [6.07, 6.45) is -5.36. The molecule has 1 rings (SSSR count). The molecule has 1 aromatic rings. The molecule has 0 unspecified atom stereocenters. The summed E-state index contributed by atoms with van der Waals surface area (Å²) in [5, 5.41) is 2.35. The maximum Gasteiger partial charge on any atom is 0.390 e. The van der Waals surface area contributed by atoms with Gasteiger partial charge in [-0.2, -0.15) is 13.2 Å². The minimum absolute atomic E-state index is 0.137. The third-order valence-electron chi connectivity index (χ3n) is 2.52. The van der Waals surface area contributed by atoms with Gasteiger partial charge in [-0.25, -0.2) is 4.98 Å². The lowest BCUT2D eigenvalue weighted by atomic mass is 9.91. The molecule has 0 radical (unpaired) electrons. The van der Waals surface area contributed by atoms with Crippen LogP contribution in [0.4, 0.5) is 13.2 Å². The quantitative estimate of drug-likeness (QED) is 0.865.